The zero-order valence-electron chi connectivity index (χ0n) is 26.4. The fraction of sp³-hybridized carbons (Fsp3) is 0.128. The number of nitriles is 1. The summed E-state index contributed by atoms with van der Waals surface area (Å²) >= 11 is 0. The Bertz CT molecular complexity index is 2060. The summed E-state index contributed by atoms with van der Waals surface area (Å²) in [6.07, 6.45) is 3.93. The molecule has 0 unspecified atom stereocenters. The van der Waals surface area contributed by atoms with Crippen molar-refractivity contribution >= 4 is 17.9 Å². The maximum atomic E-state index is 13.9. The molecule has 0 atom stereocenters. The van der Waals surface area contributed by atoms with Crippen LogP contribution >= 0.6 is 0 Å². The zero-order valence-corrected chi connectivity index (χ0v) is 26.4. The number of imide groups is 1. The first-order valence-electron chi connectivity index (χ1n) is 15.3. The number of amides is 2. The van der Waals surface area contributed by atoms with E-state index in [1.54, 1.807) is 36.9 Å². The summed E-state index contributed by atoms with van der Waals surface area (Å²) in [6, 6.07) is 32.5. The van der Waals surface area contributed by atoms with Crippen LogP contribution in [-0.2, 0) is 22.6 Å². The fourth-order valence-corrected chi connectivity index (χ4v) is 5.41. The molecule has 2 amide bonds. The lowest BCUT2D eigenvalue weighted by Gasteiger charge is -2.27. The summed E-state index contributed by atoms with van der Waals surface area (Å²) < 4.78 is 26.1. The average molecular weight is 639 g/mol. The lowest BCUT2D eigenvalue weighted by atomic mass is 9.93. The Morgan fingerprint density at radius 2 is 1.52 bits per heavy atom. The van der Waals surface area contributed by atoms with Crippen LogP contribution in [0.4, 0.5) is 4.39 Å². The van der Waals surface area contributed by atoms with E-state index in [4.69, 9.17) is 14.6 Å². The molecule has 0 aliphatic carbocycles. The molecule has 238 valence electrons. The Kier molecular flexibility index (Phi) is 9.26. The van der Waals surface area contributed by atoms with Crippen LogP contribution in [0.5, 0.6) is 11.5 Å². The molecule has 1 aliphatic heterocycles. The lowest BCUT2D eigenvalue weighted by Crippen LogP contribution is -2.43. The van der Waals surface area contributed by atoms with E-state index in [9.17, 15) is 19.2 Å². The first-order chi connectivity index (χ1) is 23.3. The van der Waals surface area contributed by atoms with Crippen molar-refractivity contribution in [2.24, 2.45) is 0 Å². The second kappa shape index (κ2) is 14.0. The topological polar surface area (TPSA) is 97.5 Å². The molecule has 0 fully saturated rings. The van der Waals surface area contributed by atoms with Crippen molar-refractivity contribution in [2.75, 3.05) is 13.7 Å². The smallest absolute Gasteiger partial charge is 0.271 e. The first-order valence-corrected chi connectivity index (χ1v) is 15.3. The molecule has 0 saturated carbocycles. The average Bonchev–Trinajstić information content (AvgIpc) is 3.55. The van der Waals surface area contributed by atoms with Crippen molar-refractivity contribution < 1.29 is 23.5 Å². The molecule has 0 saturated heterocycles. The van der Waals surface area contributed by atoms with E-state index >= 15 is 0 Å². The van der Waals surface area contributed by atoms with Crippen molar-refractivity contribution in [3.8, 4) is 34.5 Å². The third-order valence-electron chi connectivity index (χ3n) is 8.12. The summed E-state index contributed by atoms with van der Waals surface area (Å²) in [5, 5.41) is 14.8. The molecule has 48 heavy (non-hydrogen) atoms. The molecule has 5 aromatic rings. The van der Waals surface area contributed by atoms with Crippen molar-refractivity contribution in [3.63, 3.8) is 0 Å². The number of halogens is 1. The predicted octanol–water partition coefficient (Wildman–Crippen LogP) is 7.10. The number of aromatic nitrogens is 2. The van der Waals surface area contributed by atoms with Gasteiger partial charge in [0.15, 0.2) is 0 Å². The number of hydrogen-bond acceptors (Lipinski definition) is 6. The third kappa shape index (κ3) is 6.78. The van der Waals surface area contributed by atoms with E-state index in [-0.39, 0.29) is 30.1 Å². The van der Waals surface area contributed by atoms with E-state index in [2.05, 4.69) is 0 Å². The van der Waals surface area contributed by atoms with Crippen LogP contribution in [0.1, 0.15) is 23.6 Å². The number of carbonyl (C=O) groups excluding carboxylic acids is 2. The highest BCUT2D eigenvalue weighted by molar-refractivity contribution is 6.19. The summed E-state index contributed by atoms with van der Waals surface area (Å²) in [6.45, 7) is 2.01. The highest BCUT2D eigenvalue weighted by Crippen LogP contribution is 2.32. The van der Waals surface area contributed by atoms with Gasteiger partial charge in [-0.2, -0.15) is 10.4 Å². The highest BCUT2D eigenvalue weighted by Gasteiger charge is 2.35. The number of para-hydroxylation sites is 1. The molecule has 0 N–H and O–H groups in total. The van der Waals surface area contributed by atoms with Crippen molar-refractivity contribution in [3.05, 3.63) is 149 Å². The number of rotatable bonds is 10. The van der Waals surface area contributed by atoms with Crippen molar-refractivity contribution in [1.29, 1.82) is 5.26 Å². The quantitative estimate of drug-likeness (QED) is 0.120. The minimum Gasteiger partial charge on any atom is -0.497 e. The molecule has 4 aromatic carbocycles. The van der Waals surface area contributed by atoms with Crippen LogP contribution < -0.4 is 9.47 Å². The van der Waals surface area contributed by atoms with E-state index in [0.29, 0.717) is 34.8 Å². The summed E-state index contributed by atoms with van der Waals surface area (Å²) in [5.41, 5.74) is 5.05. The number of carbonyl (C=O) groups is 2. The standard InChI is InChI=1S/C39H31FN4O4/c1-26-35(38(45)43(39(46)36(26)23-41)21-20-27-10-16-33(47-2)17-11-27)22-30-24-44(32-6-4-3-5-7-32)42-37(30)29-12-18-34(19-13-29)48-25-28-8-14-31(40)15-9-28/h3-19,22,24H,20-21,25H2,1-2H3/b35-22+. The van der Waals surface area contributed by atoms with E-state index in [1.807, 2.05) is 91.1 Å². The van der Waals surface area contributed by atoms with Gasteiger partial charge in [-0.25, -0.2) is 9.07 Å². The van der Waals surface area contributed by atoms with Crippen molar-refractivity contribution in [2.45, 2.75) is 20.0 Å². The van der Waals surface area contributed by atoms with Gasteiger partial charge in [0, 0.05) is 29.4 Å². The van der Waals surface area contributed by atoms with Gasteiger partial charge in [-0.1, -0.05) is 42.5 Å². The summed E-state index contributed by atoms with van der Waals surface area (Å²) in [7, 11) is 1.59. The second-order valence-electron chi connectivity index (χ2n) is 11.2. The molecule has 0 bridgehead atoms. The van der Waals surface area contributed by atoms with Gasteiger partial charge in [-0.3, -0.25) is 14.5 Å². The highest BCUT2D eigenvalue weighted by atomic mass is 19.1. The molecule has 0 spiro atoms. The SMILES string of the molecule is COc1ccc(CCN2C(=O)C(C#N)=C(C)/C(=C\c3cn(-c4ccccc4)nc3-c3ccc(OCc4ccc(F)cc4)cc3)C2=O)cc1. The Hall–Kier alpha value is -6.27. The first kappa shape index (κ1) is 31.7. The zero-order chi connectivity index (χ0) is 33.6. The number of benzene rings is 4. The van der Waals surface area contributed by atoms with Gasteiger partial charge in [0.1, 0.15) is 35.6 Å². The number of ether oxygens (including phenoxy) is 2. The Morgan fingerprint density at radius 3 is 2.19 bits per heavy atom. The van der Waals surface area contributed by atoms with Gasteiger partial charge < -0.3 is 9.47 Å². The van der Waals surface area contributed by atoms with E-state index in [0.717, 1.165) is 27.3 Å². The second-order valence-corrected chi connectivity index (χ2v) is 11.2. The van der Waals surface area contributed by atoms with Gasteiger partial charge in [0.05, 0.1) is 18.5 Å². The normalized spacial score (nSPS) is 14.0. The van der Waals surface area contributed by atoms with Gasteiger partial charge in [0.2, 0.25) is 0 Å². The minimum absolute atomic E-state index is 0.0739. The molecular weight excluding hydrogens is 607 g/mol. The molecular formula is C39H31FN4O4. The monoisotopic (exact) mass is 638 g/mol. The molecule has 9 heteroatoms. The van der Waals surface area contributed by atoms with Gasteiger partial charge >= 0.3 is 0 Å². The van der Waals surface area contributed by atoms with E-state index < -0.39 is 11.8 Å². The van der Waals surface area contributed by atoms with Crippen LogP contribution in [0.15, 0.2) is 126 Å². The maximum Gasteiger partial charge on any atom is 0.271 e. The largest absolute Gasteiger partial charge is 0.497 e. The van der Waals surface area contributed by atoms with Crippen LogP contribution in [-0.4, -0.2) is 40.1 Å². The molecule has 0 radical (unpaired) electrons. The predicted molar refractivity (Wildman–Crippen MR) is 179 cm³/mol. The minimum atomic E-state index is -0.609. The molecule has 8 nitrogen and oxygen atoms in total. The van der Waals surface area contributed by atoms with Gasteiger partial charge in [-0.05, 0) is 96.8 Å². The Balaban J connectivity index is 1.33. The van der Waals surface area contributed by atoms with Crippen LogP contribution in [0.3, 0.4) is 0 Å². The number of nitrogens with zero attached hydrogens (tertiary/aromatic N) is 4. The van der Waals surface area contributed by atoms with Crippen LogP contribution in [0, 0.1) is 17.1 Å². The third-order valence-corrected chi connectivity index (χ3v) is 8.12. The van der Waals surface area contributed by atoms with E-state index in [1.165, 1.54) is 12.1 Å². The van der Waals surface area contributed by atoms with Crippen LogP contribution in [0.2, 0.25) is 0 Å². The molecule has 1 aliphatic rings. The maximum absolute atomic E-state index is 13.9. The number of hydrogen-bond donors (Lipinski definition) is 0. The molecule has 1 aromatic heterocycles. The lowest BCUT2D eigenvalue weighted by molar-refractivity contribution is -0.140. The van der Waals surface area contributed by atoms with Gasteiger partial charge in [-0.15, -0.1) is 0 Å². The summed E-state index contributed by atoms with van der Waals surface area (Å²) in [4.78, 5) is 28.4. The van der Waals surface area contributed by atoms with Crippen LogP contribution in [0.25, 0.3) is 23.0 Å². The molecule has 2 heterocycles. The Morgan fingerprint density at radius 1 is 0.854 bits per heavy atom. The Labute approximate surface area is 277 Å². The number of methoxy groups -OCH3 is 1. The molecule has 6 rings (SSSR count). The fourth-order valence-electron chi connectivity index (χ4n) is 5.41. The van der Waals surface area contributed by atoms with Gasteiger partial charge in [0.25, 0.3) is 11.8 Å². The van der Waals surface area contributed by atoms with Crippen molar-refractivity contribution in [1.82, 2.24) is 14.7 Å². The summed E-state index contributed by atoms with van der Waals surface area (Å²) in [5.74, 6) is -0.0639.